The Kier molecular flexibility index (Phi) is 18.1. The molecule has 0 saturated heterocycles. The summed E-state index contributed by atoms with van der Waals surface area (Å²) in [5.74, 6) is -0.462. The summed E-state index contributed by atoms with van der Waals surface area (Å²) in [6, 6.07) is -0.698. The van der Waals surface area contributed by atoms with Crippen molar-refractivity contribution in [2.45, 2.75) is 130 Å². The smallest absolute Gasteiger partial charge is 0.323 e. The molecule has 2 rings (SSSR count). The second-order valence-electron chi connectivity index (χ2n) is 12.1. The highest BCUT2D eigenvalue weighted by atomic mass is 16.5. The minimum Gasteiger partial charge on any atom is -0.465 e. The van der Waals surface area contributed by atoms with Crippen LogP contribution in [0.4, 0.5) is 5.95 Å². The molecule has 44 heavy (non-hydrogen) atoms. The fourth-order valence-electron chi connectivity index (χ4n) is 4.90. The van der Waals surface area contributed by atoms with Crippen LogP contribution in [-0.2, 0) is 25.5 Å². The number of fused-ring (bicyclic) bond motifs is 1. The van der Waals surface area contributed by atoms with Crippen molar-refractivity contribution in [3.05, 3.63) is 28.3 Å². The fourth-order valence-corrected chi connectivity index (χ4v) is 4.90. The molecule has 2 aromatic heterocycles. The Balaban J connectivity index is 1.70. The van der Waals surface area contributed by atoms with Crippen LogP contribution in [0.25, 0.3) is 11.2 Å². The summed E-state index contributed by atoms with van der Waals surface area (Å²) in [5.41, 5.74) is 11.6. The van der Waals surface area contributed by atoms with E-state index < -0.39 is 17.6 Å². The van der Waals surface area contributed by atoms with Gasteiger partial charge < -0.3 is 25.9 Å². The number of nitrogens with zero attached hydrogens (tertiary/aromatic N) is 2. The quantitative estimate of drug-likeness (QED) is 0.0636. The van der Waals surface area contributed by atoms with Crippen LogP contribution in [0, 0.1) is 11.8 Å². The molecule has 0 spiro atoms. The zero-order chi connectivity index (χ0) is 32.2. The lowest BCUT2D eigenvalue weighted by Gasteiger charge is -2.18. The van der Waals surface area contributed by atoms with Crippen molar-refractivity contribution in [1.29, 1.82) is 0 Å². The molecule has 0 aliphatic rings. The predicted octanol–water partition coefficient (Wildman–Crippen LogP) is 5.88. The van der Waals surface area contributed by atoms with Crippen molar-refractivity contribution in [2.75, 3.05) is 18.9 Å². The van der Waals surface area contributed by atoms with Gasteiger partial charge in [-0.25, -0.2) is 4.98 Å². The van der Waals surface area contributed by atoms with Crippen molar-refractivity contribution < 1.29 is 19.1 Å². The second kappa shape index (κ2) is 21.5. The topological polar surface area (TPSA) is 179 Å². The van der Waals surface area contributed by atoms with E-state index in [9.17, 15) is 14.4 Å². The molecule has 2 heterocycles. The van der Waals surface area contributed by atoms with Crippen molar-refractivity contribution in [3.8, 4) is 0 Å². The van der Waals surface area contributed by atoms with Crippen molar-refractivity contribution in [3.63, 3.8) is 0 Å². The number of aromatic amines is 2. The number of imidazole rings is 1. The fraction of sp³-hybridized carbons (Fsp3) is 0.727. The maximum Gasteiger partial charge on any atom is 0.323 e. The van der Waals surface area contributed by atoms with Gasteiger partial charge >= 0.3 is 11.9 Å². The van der Waals surface area contributed by atoms with E-state index >= 15 is 0 Å². The number of carbonyl (C=O) groups is 2. The van der Waals surface area contributed by atoms with Crippen molar-refractivity contribution >= 4 is 29.1 Å². The van der Waals surface area contributed by atoms with Gasteiger partial charge in [0.2, 0.25) is 5.95 Å². The van der Waals surface area contributed by atoms with E-state index in [1.807, 2.05) is 13.8 Å². The molecule has 0 aromatic carbocycles. The zero-order valence-corrected chi connectivity index (χ0v) is 27.2. The average molecular weight is 617 g/mol. The number of H-pyrrole nitrogens is 2. The van der Waals surface area contributed by atoms with Gasteiger partial charge in [-0.1, -0.05) is 84.3 Å². The van der Waals surface area contributed by atoms with E-state index in [1.165, 1.54) is 57.8 Å². The van der Waals surface area contributed by atoms with E-state index in [2.05, 4.69) is 39.0 Å². The van der Waals surface area contributed by atoms with Crippen LogP contribution in [0.15, 0.2) is 16.9 Å². The monoisotopic (exact) mass is 616 g/mol. The van der Waals surface area contributed by atoms with Gasteiger partial charge in [0.15, 0.2) is 11.2 Å². The first-order valence-corrected chi connectivity index (χ1v) is 16.7. The number of carbonyl (C=O) groups excluding carboxylic acids is 2. The number of nitrogens with two attached hydrogens (primary N) is 2. The first-order chi connectivity index (χ1) is 21.2. The Morgan fingerprint density at radius 3 is 2.18 bits per heavy atom. The van der Waals surface area contributed by atoms with Gasteiger partial charge in [0.25, 0.3) is 5.56 Å². The van der Waals surface area contributed by atoms with Crippen LogP contribution in [0.5, 0.6) is 0 Å². The summed E-state index contributed by atoms with van der Waals surface area (Å²) in [6.07, 6.45) is 21.4. The lowest BCUT2D eigenvalue weighted by Crippen LogP contribution is -2.37. The third-order valence-electron chi connectivity index (χ3n) is 7.79. The van der Waals surface area contributed by atoms with E-state index in [1.54, 1.807) is 0 Å². The van der Waals surface area contributed by atoms with Gasteiger partial charge in [-0.05, 0) is 44.4 Å². The number of rotatable bonds is 24. The number of ether oxygens (including phenoxy) is 2. The lowest BCUT2D eigenvalue weighted by molar-refractivity contribution is -0.149. The Morgan fingerprint density at radius 2 is 1.52 bits per heavy atom. The number of anilines is 1. The Bertz CT molecular complexity index is 1190. The SMILES string of the molecule is CCCCCCCC/C=C\CCCCCCCC(=O)OCC(CCOC(=O)[C@@H](N)C(C)C)Cc1nc2nc(N)[nH]c(=O)c2[nH]1. The van der Waals surface area contributed by atoms with E-state index in [0.29, 0.717) is 25.1 Å². The summed E-state index contributed by atoms with van der Waals surface area (Å²) in [5, 5.41) is 0. The van der Waals surface area contributed by atoms with E-state index in [4.69, 9.17) is 20.9 Å². The molecule has 0 bridgehead atoms. The molecule has 2 atom stereocenters. The van der Waals surface area contributed by atoms with Gasteiger partial charge in [-0.15, -0.1) is 0 Å². The zero-order valence-electron chi connectivity index (χ0n) is 27.2. The predicted molar refractivity (Wildman–Crippen MR) is 175 cm³/mol. The van der Waals surface area contributed by atoms with Crippen molar-refractivity contribution in [1.82, 2.24) is 19.9 Å². The third kappa shape index (κ3) is 15.0. The summed E-state index contributed by atoms with van der Waals surface area (Å²) in [6.45, 7) is 6.23. The van der Waals surface area contributed by atoms with Gasteiger partial charge in [0.1, 0.15) is 11.9 Å². The largest absolute Gasteiger partial charge is 0.465 e. The number of esters is 2. The standard InChI is InChI=1S/C33H56N6O5/c1-4-5-6-7-8-9-10-11-12-13-14-15-16-17-18-19-27(40)44-23-25(20-21-43-32(42)28(34)24(2)3)22-26-36-29-30(37-26)38-33(35)39-31(29)41/h11-12,24-25,28H,4-10,13-23,34H2,1-3H3,(H4,35,36,37,38,39,41)/b12-11-/t25?,28-/m0/s1. The van der Waals surface area contributed by atoms with Crippen LogP contribution >= 0.6 is 0 Å². The molecule has 2 aromatic rings. The highest BCUT2D eigenvalue weighted by Crippen LogP contribution is 2.16. The maximum atomic E-state index is 12.5. The van der Waals surface area contributed by atoms with Crippen molar-refractivity contribution in [2.24, 2.45) is 17.6 Å². The van der Waals surface area contributed by atoms with Crippen LogP contribution in [0.1, 0.15) is 123 Å². The number of hydrogen-bond acceptors (Lipinski definition) is 9. The number of unbranched alkanes of at least 4 members (excludes halogenated alkanes) is 11. The molecule has 11 nitrogen and oxygen atoms in total. The van der Waals surface area contributed by atoms with Gasteiger partial charge in [0, 0.05) is 18.8 Å². The first kappa shape index (κ1) is 37.0. The molecule has 11 heteroatoms. The Morgan fingerprint density at radius 1 is 0.886 bits per heavy atom. The van der Waals surface area contributed by atoms with Crippen LogP contribution in [0.2, 0.25) is 0 Å². The van der Waals surface area contributed by atoms with Gasteiger partial charge in [-0.2, -0.15) is 4.98 Å². The number of hydrogen-bond donors (Lipinski definition) is 4. The maximum absolute atomic E-state index is 12.5. The minimum atomic E-state index is -0.698. The normalized spacial score (nSPS) is 13.1. The summed E-state index contributed by atoms with van der Waals surface area (Å²) >= 11 is 0. The van der Waals surface area contributed by atoms with E-state index in [0.717, 1.165) is 25.7 Å². The molecule has 1 unspecified atom stereocenters. The lowest BCUT2D eigenvalue weighted by atomic mass is 10.0. The Hall–Kier alpha value is -3.21. The third-order valence-corrected chi connectivity index (χ3v) is 7.79. The number of aromatic nitrogens is 4. The second-order valence-corrected chi connectivity index (χ2v) is 12.1. The Labute approximate surface area is 262 Å². The first-order valence-electron chi connectivity index (χ1n) is 16.7. The molecule has 6 N–H and O–H groups in total. The van der Waals surface area contributed by atoms with Crippen LogP contribution in [-0.4, -0.2) is 51.1 Å². The molecule has 0 amide bonds. The molecular formula is C33H56N6O5. The summed E-state index contributed by atoms with van der Waals surface area (Å²) < 4.78 is 11.0. The molecule has 248 valence electrons. The highest BCUT2D eigenvalue weighted by Gasteiger charge is 2.21. The van der Waals surface area contributed by atoms with Gasteiger partial charge in [0.05, 0.1) is 13.2 Å². The highest BCUT2D eigenvalue weighted by molar-refractivity contribution is 5.75. The molecule has 0 aliphatic heterocycles. The summed E-state index contributed by atoms with van der Waals surface area (Å²) in [4.78, 5) is 50.7. The van der Waals surface area contributed by atoms with Crippen LogP contribution < -0.4 is 17.0 Å². The van der Waals surface area contributed by atoms with E-state index in [-0.39, 0.29) is 48.1 Å². The molecule has 0 radical (unpaired) electrons. The minimum absolute atomic E-state index is 0.0185. The molecular weight excluding hydrogens is 560 g/mol. The summed E-state index contributed by atoms with van der Waals surface area (Å²) in [7, 11) is 0. The van der Waals surface area contributed by atoms with Crippen LogP contribution in [0.3, 0.4) is 0 Å². The molecule has 0 aliphatic carbocycles. The molecule has 0 saturated carbocycles. The number of nitrogens with one attached hydrogen (secondary N) is 2. The number of nitrogen functional groups attached to an aromatic ring is 1. The molecule has 0 fully saturated rings. The van der Waals surface area contributed by atoms with Gasteiger partial charge in [-0.3, -0.25) is 19.4 Å². The average Bonchev–Trinajstić information content (AvgIpc) is 3.39. The number of allylic oxidation sites excluding steroid dienone is 2.